The third kappa shape index (κ3) is 3.82. The number of hydrogen-bond donors (Lipinski definition) is 0. The summed E-state index contributed by atoms with van der Waals surface area (Å²) in [5, 5.41) is 0. The van der Waals surface area contributed by atoms with Crippen LogP contribution in [0.25, 0.3) is 0 Å². The highest BCUT2D eigenvalue weighted by Gasteiger charge is 2.17. The molecular weight excluding hydrogens is 234 g/mol. The van der Waals surface area contributed by atoms with Crippen LogP contribution in [0.3, 0.4) is 0 Å². The molecule has 1 aromatic rings. The molecule has 0 N–H and O–H groups in total. The Morgan fingerprint density at radius 2 is 1.53 bits per heavy atom. The lowest BCUT2D eigenvalue weighted by atomic mass is 9.88. The summed E-state index contributed by atoms with van der Waals surface area (Å²) in [5.74, 6) is 0. The van der Waals surface area contributed by atoms with E-state index in [2.05, 4.69) is 20.8 Å². The van der Waals surface area contributed by atoms with Crippen LogP contribution in [0.15, 0.2) is 29.2 Å². The van der Waals surface area contributed by atoms with E-state index in [0.717, 1.165) is 12.0 Å². The number of rotatable bonds is 3. The Balaban J connectivity index is 2.97. The van der Waals surface area contributed by atoms with Crippen molar-refractivity contribution in [3.8, 4) is 0 Å². The molecule has 0 aliphatic heterocycles. The number of hydrogen-bond acceptors (Lipinski definition) is 2. The SMILES string of the molecule is CN(C)S(=O)(=O)c1ccc(CC(C)(C)C)cc1. The van der Waals surface area contributed by atoms with Gasteiger partial charge >= 0.3 is 0 Å². The Kier molecular flexibility index (Phi) is 3.99. The lowest BCUT2D eigenvalue weighted by Crippen LogP contribution is -2.22. The molecule has 0 aliphatic carbocycles. The summed E-state index contributed by atoms with van der Waals surface area (Å²) in [6.45, 7) is 6.49. The van der Waals surface area contributed by atoms with E-state index in [1.54, 1.807) is 26.2 Å². The van der Waals surface area contributed by atoms with Crippen molar-refractivity contribution in [2.24, 2.45) is 5.41 Å². The molecule has 0 amide bonds. The van der Waals surface area contributed by atoms with E-state index in [0.29, 0.717) is 4.90 Å². The van der Waals surface area contributed by atoms with E-state index in [1.165, 1.54) is 4.31 Å². The van der Waals surface area contributed by atoms with Gasteiger partial charge in [-0.05, 0) is 29.5 Å². The highest BCUT2D eigenvalue weighted by Crippen LogP contribution is 2.22. The van der Waals surface area contributed by atoms with Gasteiger partial charge < -0.3 is 0 Å². The minimum Gasteiger partial charge on any atom is -0.207 e. The van der Waals surface area contributed by atoms with Gasteiger partial charge in [0.2, 0.25) is 10.0 Å². The van der Waals surface area contributed by atoms with Gasteiger partial charge in [0.15, 0.2) is 0 Å². The first-order chi connectivity index (χ1) is 7.63. The molecule has 0 saturated heterocycles. The fraction of sp³-hybridized carbons (Fsp3) is 0.538. The molecule has 0 bridgehead atoms. The minimum atomic E-state index is -3.30. The van der Waals surface area contributed by atoms with Gasteiger partial charge in [0.05, 0.1) is 4.90 Å². The Labute approximate surface area is 105 Å². The maximum absolute atomic E-state index is 11.9. The lowest BCUT2D eigenvalue weighted by Gasteiger charge is -2.18. The van der Waals surface area contributed by atoms with Crippen LogP contribution in [0.5, 0.6) is 0 Å². The summed E-state index contributed by atoms with van der Waals surface area (Å²) in [7, 11) is -0.224. The van der Waals surface area contributed by atoms with Crippen LogP contribution >= 0.6 is 0 Å². The maximum atomic E-state index is 11.9. The molecule has 1 rings (SSSR count). The van der Waals surface area contributed by atoms with Crippen LogP contribution in [-0.2, 0) is 16.4 Å². The highest BCUT2D eigenvalue weighted by atomic mass is 32.2. The Morgan fingerprint density at radius 3 is 1.88 bits per heavy atom. The van der Waals surface area contributed by atoms with Crippen molar-refractivity contribution < 1.29 is 8.42 Å². The molecule has 0 fully saturated rings. The normalized spacial score (nSPS) is 13.1. The molecule has 0 aliphatic rings. The van der Waals surface area contributed by atoms with Crippen LogP contribution in [0.4, 0.5) is 0 Å². The van der Waals surface area contributed by atoms with Gasteiger partial charge in [-0.3, -0.25) is 0 Å². The summed E-state index contributed by atoms with van der Waals surface area (Å²) in [4.78, 5) is 0.347. The van der Waals surface area contributed by atoms with E-state index in [9.17, 15) is 8.42 Å². The Bertz CT molecular complexity index is 467. The summed E-state index contributed by atoms with van der Waals surface area (Å²) in [6, 6.07) is 7.14. The molecule has 0 heterocycles. The summed E-state index contributed by atoms with van der Waals surface area (Å²) in [5.41, 5.74) is 1.37. The molecule has 96 valence electrons. The van der Waals surface area contributed by atoms with Crippen molar-refractivity contribution in [1.29, 1.82) is 0 Å². The van der Waals surface area contributed by atoms with E-state index in [-0.39, 0.29) is 5.41 Å². The first-order valence-corrected chi connectivity index (χ1v) is 7.08. The quantitative estimate of drug-likeness (QED) is 0.832. The molecule has 3 nitrogen and oxygen atoms in total. The van der Waals surface area contributed by atoms with Crippen molar-refractivity contribution in [3.05, 3.63) is 29.8 Å². The standard InChI is InChI=1S/C13H21NO2S/c1-13(2,3)10-11-6-8-12(9-7-11)17(15,16)14(4)5/h6-9H,10H2,1-5H3. The predicted molar refractivity (Wildman–Crippen MR) is 70.5 cm³/mol. The predicted octanol–water partition coefficient (Wildman–Crippen LogP) is 2.53. The number of sulfonamides is 1. The Morgan fingerprint density at radius 1 is 1.06 bits per heavy atom. The second kappa shape index (κ2) is 4.78. The average molecular weight is 255 g/mol. The van der Waals surface area contributed by atoms with Crippen molar-refractivity contribution in [1.82, 2.24) is 4.31 Å². The molecule has 17 heavy (non-hydrogen) atoms. The second-order valence-electron chi connectivity index (χ2n) is 5.67. The maximum Gasteiger partial charge on any atom is 0.242 e. The van der Waals surface area contributed by atoms with Crippen LogP contribution in [0.1, 0.15) is 26.3 Å². The molecule has 4 heteroatoms. The fourth-order valence-electron chi connectivity index (χ4n) is 1.60. The van der Waals surface area contributed by atoms with Crippen molar-refractivity contribution >= 4 is 10.0 Å². The highest BCUT2D eigenvalue weighted by molar-refractivity contribution is 7.89. The van der Waals surface area contributed by atoms with Crippen molar-refractivity contribution in [2.75, 3.05) is 14.1 Å². The van der Waals surface area contributed by atoms with Crippen LogP contribution < -0.4 is 0 Å². The first kappa shape index (κ1) is 14.2. The van der Waals surface area contributed by atoms with Crippen molar-refractivity contribution in [2.45, 2.75) is 32.1 Å². The van der Waals surface area contributed by atoms with Gasteiger partial charge in [-0.25, -0.2) is 12.7 Å². The van der Waals surface area contributed by atoms with Crippen LogP contribution in [-0.4, -0.2) is 26.8 Å². The minimum absolute atomic E-state index is 0.210. The fourth-order valence-corrected chi connectivity index (χ4v) is 2.50. The van der Waals surface area contributed by atoms with Gasteiger partial charge in [0, 0.05) is 14.1 Å². The van der Waals surface area contributed by atoms with E-state index >= 15 is 0 Å². The molecular formula is C13H21NO2S. The lowest BCUT2D eigenvalue weighted by molar-refractivity contribution is 0.411. The largest absolute Gasteiger partial charge is 0.242 e. The molecule has 0 atom stereocenters. The van der Waals surface area contributed by atoms with Gasteiger partial charge in [-0.2, -0.15) is 0 Å². The zero-order valence-corrected chi connectivity index (χ0v) is 12.0. The Hall–Kier alpha value is -0.870. The monoisotopic (exact) mass is 255 g/mol. The second-order valence-corrected chi connectivity index (χ2v) is 7.82. The summed E-state index contributed by atoms with van der Waals surface area (Å²) < 4.78 is 24.9. The van der Waals surface area contributed by atoms with Crippen LogP contribution in [0.2, 0.25) is 0 Å². The summed E-state index contributed by atoms with van der Waals surface area (Å²) in [6.07, 6.45) is 0.940. The van der Waals surface area contributed by atoms with Gasteiger partial charge in [0.1, 0.15) is 0 Å². The third-order valence-corrected chi connectivity index (χ3v) is 4.27. The van der Waals surface area contributed by atoms with Gasteiger partial charge in [-0.15, -0.1) is 0 Å². The zero-order chi connectivity index (χ0) is 13.3. The smallest absolute Gasteiger partial charge is 0.207 e. The van der Waals surface area contributed by atoms with Gasteiger partial charge in [-0.1, -0.05) is 32.9 Å². The average Bonchev–Trinajstić information content (AvgIpc) is 2.15. The number of benzene rings is 1. The van der Waals surface area contributed by atoms with Gasteiger partial charge in [0.25, 0.3) is 0 Å². The van der Waals surface area contributed by atoms with Crippen LogP contribution in [0, 0.1) is 5.41 Å². The molecule has 0 aromatic heterocycles. The first-order valence-electron chi connectivity index (χ1n) is 5.64. The summed E-state index contributed by atoms with van der Waals surface area (Å²) >= 11 is 0. The zero-order valence-electron chi connectivity index (χ0n) is 11.2. The van der Waals surface area contributed by atoms with Crippen molar-refractivity contribution in [3.63, 3.8) is 0 Å². The van der Waals surface area contributed by atoms with E-state index < -0.39 is 10.0 Å². The molecule has 0 unspecified atom stereocenters. The van der Waals surface area contributed by atoms with E-state index in [4.69, 9.17) is 0 Å². The third-order valence-electron chi connectivity index (χ3n) is 2.44. The molecule has 0 radical (unpaired) electrons. The molecule has 1 aromatic carbocycles. The topological polar surface area (TPSA) is 37.4 Å². The van der Waals surface area contributed by atoms with E-state index in [1.807, 2.05) is 12.1 Å². The molecule has 0 spiro atoms. The number of nitrogens with zero attached hydrogens (tertiary/aromatic N) is 1. The molecule has 0 saturated carbocycles.